The van der Waals surface area contributed by atoms with E-state index < -0.39 is 0 Å². The van der Waals surface area contributed by atoms with Crippen molar-refractivity contribution in [2.75, 3.05) is 19.8 Å². The van der Waals surface area contributed by atoms with Crippen LogP contribution in [-0.2, 0) is 9.63 Å². The number of rotatable bonds is 8. The molecule has 1 amide bonds. The fraction of sp³-hybridized carbons (Fsp3) is 0.467. The first-order chi connectivity index (χ1) is 9.61. The molecule has 1 N–H and O–H groups in total. The number of ether oxygens (including phenoxy) is 1. The van der Waals surface area contributed by atoms with Crippen molar-refractivity contribution in [3.63, 3.8) is 0 Å². The molecule has 20 heavy (non-hydrogen) atoms. The second-order valence-electron chi connectivity index (χ2n) is 4.71. The van der Waals surface area contributed by atoms with Gasteiger partial charge in [-0.05, 0) is 42.7 Å². The predicted molar refractivity (Wildman–Crippen MR) is 79.0 cm³/mol. The molecule has 0 saturated carbocycles. The highest BCUT2D eigenvalue weighted by Crippen LogP contribution is 2.10. The fourth-order valence-electron chi connectivity index (χ4n) is 1.38. The summed E-state index contributed by atoms with van der Waals surface area (Å²) in [5.41, 5.74) is 0.885. The largest absolute Gasteiger partial charge is 0.494 e. The van der Waals surface area contributed by atoms with Crippen LogP contribution in [0.5, 0.6) is 5.75 Å². The van der Waals surface area contributed by atoms with E-state index in [1.54, 1.807) is 6.21 Å². The van der Waals surface area contributed by atoms with Crippen molar-refractivity contribution >= 4 is 12.1 Å². The molecule has 110 valence electrons. The number of hydrogen-bond donors (Lipinski definition) is 1. The number of carbonyl (C=O) groups excluding carboxylic acids is 1. The molecule has 0 aliphatic heterocycles. The van der Waals surface area contributed by atoms with E-state index >= 15 is 0 Å². The number of nitrogens with one attached hydrogen (secondary N) is 1. The van der Waals surface area contributed by atoms with Crippen molar-refractivity contribution in [2.24, 2.45) is 11.1 Å². The van der Waals surface area contributed by atoms with E-state index in [0.29, 0.717) is 19.1 Å². The molecule has 0 unspecified atom stereocenters. The Morgan fingerprint density at radius 1 is 1.35 bits per heavy atom. The van der Waals surface area contributed by atoms with Gasteiger partial charge >= 0.3 is 0 Å². The molecule has 1 aromatic rings. The van der Waals surface area contributed by atoms with Crippen LogP contribution in [0, 0.1) is 5.92 Å². The van der Waals surface area contributed by atoms with Crippen LogP contribution in [0.2, 0.25) is 0 Å². The molecule has 0 aliphatic rings. The molecule has 0 spiro atoms. The van der Waals surface area contributed by atoms with Gasteiger partial charge in [-0.3, -0.25) is 4.79 Å². The van der Waals surface area contributed by atoms with Crippen molar-refractivity contribution < 1.29 is 14.4 Å². The molecule has 0 aromatic heterocycles. The zero-order chi connectivity index (χ0) is 14.8. The highest BCUT2D eigenvalue weighted by molar-refractivity contribution is 5.80. The number of benzene rings is 1. The molecular formula is C15H22N2O3. The Bertz CT molecular complexity index is 427. The Labute approximate surface area is 120 Å². The summed E-state index contributed by atoms with van der Waals surface area (Å²) in [6.45, 7) is 7.22. The van der Waals surface area contributed by atoms with Crippen LogP contribution in [0.15, 0.2) is 29.4 Å². The lowest BCUT2D eigenvalue weighted by Gasteiger charge is -2.06. The summed E-state index contributed by atoms with van der Waals surface area (Å²) in [6, 6.07) is 7.47. The molecule has 0 saturated heterocycles. The monoisotopic (exact) mass is 278 g/mol. The fourth-order valence-corrected chi connectivity index (χ4v) is 1.38. The topological polar surface area (TPSA) is 59.9 Å². The summed E-state index contributed by atoms with van der Waals surface area (Å²) >= 11 is 0. The summed E-state index contributed by atoms with van der Waals surface area (Å²) < 4.78 is 5.34. The van der Waals surface area contributed by atoms with Crippen molar-refractivity contribution in [2.45, 2.75) is 20.8 Å². The average Bonchev–Trinajstić information content (AvgIpc) is 2.43. The highest BCUT2D eigenvalue weighted by Gasteiger charge is 2.01. The maximum atomic E-state index is 11.3. The van der Waals surface area contributed by atoms with Gasteiger partial charge in [-0.15, -0.1) is 0 Å². The Morgan fingerprint density at radius 2 is 2.05 bits per heavy atom. The summed E-state index contributed by atoms with van der Waals surface area (Å²) in [5.74, 6) is 1.08. The molecule has 0 fully saturated rings. The first-order valence-electron chi connectivity index (χ1n) is 6.76. The van der Waals surface area contributed by atoms with Crippen molar-refractivity contribution in [1.29, 1.82) is 0 Å². The van der Waals surface area contributed by atoms with Crippen molar-refractivity contribution in [3.8, 4) is 5.75 Å². The van der Waals surface area contributed by atoms with Gasteiger partial charge in [0.15, 0.2) is 6.61 Å². The molecule has 0 heterocycles. The molecule has 0 radical (unpaired) electrons. The van der Waals surface area contributed by atoms with Gasteiger partial charge in [-0.2, -0.15) is 0 Å². The Balaban J connectivity index is 2.28. The third kappa shape index (κ3) is 6.78. The second kappa shape index (κ2) is 8.96. The zero-order valence-electron chi connectivity index (χ0n) is 12.3. The van der Waals surface area contributed by atoms with Crippen LogP contribution in [0.3, 0.4) is 0 Å². The zero-order valence-corrected chi connectivity index (χ0v) is 12.3. The van der Waals surface area contributed by atoms with Crippen LogP contribution >= 0.6 is 0 Å². The lowest BCUT2D eigenvalue weighted by Crippen LogP contribution is -2.30. The van der Waals surface area contributed by atoms with Crippen LogP contribution in [0.1, 0.15) is 26.3 Å². The van der Waals surface area contributed by atoms with Gasteiger partial charge in [0.25, 0.3) is 5.91 Å². The minimum atomic E-state index is -0.164. The number of nitrogens with zero attached hydrogens (tertiary/aromatic N) is 1. The summed E-state index contributed by atoms with van der Waals surface area (Å²) in [5, 5.41) is 6.51. The van der Waals surface area contributed by atoms with E-state index in [9.17, 15) is 4.79 Å². The van der Waals surface area contributed by atoms with Gasteiger partial charge in [-0.25, -0.2) is 0 Å². The van der Waals surface area contributed by atoms with Crippen molar-refractivity contribution in [3.05, 3.63) is 29.8 Å². The third-order valence-electron chi connectivity index (χ3n) is 2.37. The van der Waals surface area contributed by atoms with Crippen LogP contribution < -0.4 is 10.1 Å². The molecule has 5 nitrogen and oxygen atoms in total. The first-order valence-corrected chi connectivity index (χ1v) is 6.76. The highest BCUT2D eigenvalue weighted by atomic mass is 16.6. The van der Waals surface area contributed by atoms with Gasteiger partial charge in [0.1, 0.15) is 5.75 Å². The lowest BCUT2D eigenvalue weighted by atomic mass is 10.2. The standard InChI is InChI=1S/C15H22N2O3/c1-4-19-14-7-5-13(6-8-14)10-17-20-11-15(18)16-9-12(2)3/h5-8,10,12H,4,9,11H2,1-3H3,(H,16,18)/b17-10-. The minimum Gasteiger partial charge on any atom is -0.494 e. The smallest absolute Gasteiger partial charge is 0.260 e. The van der Waals surface area contributed by atoms with Crippen LogP contribution in [0.25, 0.3) is 0 Å². The molecule has 0 atom stereocenters. The summed E-state index contributed by atoms with van der Waals surface area (Å²) in [4.78, 5) is 16.3. The van der Waals surface area contributed by atoms with Gasteiger partial charge in [-0.1, -0.05) is 19.0 Å². The maximum absolute atomic E-state index is 11.3. The summed E-state index contributed by atoms with van der Waals surface area (Å²) in [6.07, 6.45) is 1.56. The quantitative estimate of drug-likeness (QED) is 0.586. The molecular weight excluding hydrogens is 256 g/mol. The van der Waals surface area contributed by atoms with E-state index in [-0.39, 0.29) is 12.5 Å². The summed E-state index contributed by atoms with van der Waals surface area (Å²) in [7, 11) is 0. The Kier molecular flexibility index (Phi) is 7.17. The van der Waals surface area contributed by atoms with E-state index in [1.165, 1.54) is 0 Å². The average molecular weight is 278 g/mol. The second-order valence-corrected chi connectivity index (χ2v) is 4.71. The number of hydrogen-bond acceptors (Lipinski definition) is 4. The molecule has 0 bridgehead atoms. The van der Waals surface area contributed by atoms with Crippen LogP contribution in [0.4, 0.5) is 0 Å². The molecule has 0 aliphatic carbocycles. The molecule has 1 aromatic carbocycles. The third-order valence-corrected chi connectivity index (χ3v) is 2.37. The van der Waals surface area contributed by atoms with Crippen molar-refractivity contribution in [1.82, 2.24) is 5.32 Å². The van der Waals surface area contributed by atoms with E-state index in [2.05, 4.69) is 10.5 Å². The van der Waals surface area contributed by atoms with E-state index in [4.69, 9.17) is 9.57 Å². The number of amides is 1. The predicted octanol–water partition coefficient (Wildman–Crippen LogP) is 2.21. The normalized spacial score (nSPS) is 10.8. The lowest BCUT2D eigenvalue weighted by molar-refractivity contribution is -0.125. The van der Waals surface area contributed by atoms with Gasteiger partial charge < -0.3 is 14.9 Å². The van der Waals surface area contributed by atoms with Gasteiger partial charge in [0.2, 0.25) is 0 Å². The first kappa shape index (κ1) is 16.0. The minimum absolute atomic E-state index is 0.0692. The van der Waals surface area contributed by atoms with Gasteiger partial charge in [0, 0.05) is 6.54 Å². The number of carbonyl (C=O) groups is 1. The number of oxime groups is 1. The van der Waals surface area contributed by atoms with Crippen LogP contribution in [-0.4, -0.2) is 31.9 Å². The molecule has 1 rings (SSSR count). The SMILES string of the molecule is CCOc1ccc(/C=N\OCC(=O)NCC(C)C)cc1. The Morgan fingerprint density at radius 3 is 2.65 bits per heavy atom. The Hall–Kier alpha value is -2.04. The van der Waals surface area contributed by atoms with E-state index in [0.717, 1.165) is 11.3 Å². The molecule has 5 heteroatoms. The maximum Gasteiger partial charge on any atom is 0.260 e. The van der Waals surface area contributed by atoms with Gasteiger partial charge in [0.05, 0.1) is 12.8 Å². The van der Waals surface area contributed by atoms with E-state index in [1.807, 2.05) is 45.0 Å².